The van der Waals surface area contributed by atoms with E-state index in [1.807, 2.05) is 30.5 Å². The molecule has 2 heterocycles. The van der Waals surface area contributed by atoms with Gasteiger partial charge in [-0.25, -0.2) is 0 Å². The Morgan fingerprint density at radius 3 is 3.06 bits per heavy atom. The number of rotatable bonds is 2. The maximum Gasteiger partial charge on any atom is 0.130 e. The zero-order valence-electron chi connectivity index (χ0n) is 10.6. The first kappa shape index (κ1) is 11.5. The Labute approximate surface area is 107 Å². The maximum absolute atomic E-state index is 6.18. The summed E-state index contributed by atoms with van der Waals surface area (Å²) in [4.78, 5) is 4.36. The Morgan fingerprint density at radius 2 is 2.17 bits per heavy atom. The van der Waals surface area contributed by atoms with Crippen molar-refractivity contribution in [2.75, 3.05) is 13.1 Å². The number of para-hydroxylation sites is 1. The number of fused-ring (bicyclic) bond motifs is 1. The highest BCUT2D eigenvalue weighted by molar-refractivity contribution is 5.84. The fourth-order valence-electron chi connectivity index (χ4n) is 2.45. The number of ether oxygens (including phenoxy) is 1. The largest absolute Gasteiger partial charge is 0.488 e. The van der Waals surface area contributed by atoms with Crippen molar-refractivity contribution in [2.24, 2.45) is 5.92 Å². The Kier molecular flexibility index (Phi) is 3.15. The summed E-state index contributed by atoms with van der Waals surface area (Å²) in [5.41, 5.74) is 0.992. The van der Waals surface area contributed by atoms with Gasteiger partial charge >= 0.3 is 0 Å². The topological polar surface area (TPSA) is 34.1 Å². The van der Waals surface area contributed by atoms with Crippen LogP contribution >= 0.6 is 0 Å². The normalized spacial score (nSPS) is 24.1. The molecular formula is C15H18N2O. The number of hydrogen-bond acceptors (Lipinski definition) is 3. The van der Waals surface area contributed by atoms with Gasteiger partial charge in [-0.15, -0.1) is 0 Å². The van der Waals surface area contributed by atoms with Crippen LogP contribution in [-0.4, -0.2) is 24.2 Å². The predicted octanol–water partition coefficient (Wildman–Crippen LogP) is 2.61. The Balaban J connectivity index is 1.90. The van der Waals surface area contributed by atoms with Gasteiger partial charge in [0.1, 0.15) is 11.9 Å². The lowest BCUT2D eigenvalue weighted by Crippen LogP contribution is -2.42. The smallest absolute Gasteiger partial charge is 0.130 e. The lowest BCUT2D eigenvalue weighted by Gasteiger charge is -2.30. The quantitative estimate of drug-likeness (QED) is 0.879. The van der Waals surface area contributed by atoms with Crippen LogP contribution in [0.15, 0.2) is 36.5 Å². The van der Waals surface area contributed by atoms with Gasteiger partial charge < -0.3 is 10.1 Å². The van der Waals surface area contributed by atoms with E-state index in [9.17, 15) is 0 Å². The standard InChI is InChI=1S/C15H18N2O/c1-11-6-8-16-10-15(11)18-14-7-9-17-13-5-3-2-4-12(13)14/h2-5,7,9,11,15-16H,6,8,10H2,1H3. The van der Waals surface area contributed by atoms with Gasteiger partial charge in [-0.05, 0) is 37.1 Å². The van der Waals surface area contributed by atoms with Crippen LogP contribution in [0.2, 0.25) is 0 Å². The van der Waals surface area contributed by atoms with Crippen LogP contribution in [0.3, 0.4) is 0 Å². The van der Waals surface area contributed by atoms with E-state index in [2.05, 4.69) is 23.3 Å². The number of benzene rings is 1. The van der Waals surface area contributed by atoms with Crippen molar-refractivity contribution in [3.63, 3.8) is 0 Å². The summed E-state index contributed by atoms with van der Waals surface area (Å²) in [5.74, 6) is 1.54. The van der Waals surface area contributed by atoms with E-state index in [0.29, 0.717) is 5.92 Å². The fraction of sp³-hybridized carbons (Fsp3) is 0.400. The number of aromatic nitrogens is 1. The van der Waals surface area contributed by atoms with Crippen LogP contribution in [-0.2, 0) is 0 Å². The average molecular weight is 242 g/mol. The van der Waals surface area contributed by atoms with Gasteiger partial charge in [0.25, 0.3) is 0 Å². The second-order valence-electron chi connectivity index (χ2n) is 4.95. The molecule has 0 radical (unpaired) electrons. The fourth-order valence-corrected chi connectivity index (χ4v) is 2.45. The van der Waals surface area contributed by atoms with Crippen molar-refractivity contribution < 1.29 is 4.74 Å². The van der Waals surface area contributed by atoms with E-state index in [1.165, 1.54) is 6.42 Å². The minimum atomic E-state index is 0.254. The summed E-state index contributed by atoms with van der Waals surface area (Å²) in [6.07, 6.45) is 3.25. The molecule has 2 aromatic rings. The van der Waals surface area contributed by atoms with Gasteiger partial charge in [-0.1, -0.05) is 19.1 Å². The first-order valence-corrected chi connectivity index (χ1v) is 6.56. The van der Waals surface area contributed by atoms with Gasteiger partial charge in [0.15, 0.2) is 0 Å². The lowest BCUT2D eigenvalue weighted by molar-refractivity contribution is 0.116. The molecule has 1 aliphatic rings. The zero-order chi connectivity index (χ0) is 12.4. The van der Waals surface area contributed by atoms with Gasteiger partial charge in [0.2, 0.25) is 0 Å². The molecule has 3 rings (SSSR count). The van der Waals surface area contributed by atoms with Gasteiger partial charge in [-0.2, -0.15) is 0 Å². The van der Waals surface area contributed by atoms with E-state index in [1.54, 1.807) is 0 Å². The first-order valence-electron chi connectivity index (χ1n) is 6.56. The molecule has 0 aliphatic carbocycles. The molecule has 0 spiro atoms. The third kappa shape index (κ3) is 2.18. The predicted molar refractivity (Wildman–Crippen MR) is 72.8 cm³/mol. The number of piperidine rings is 1. The second kappa shape index (κ2) is 4.94. The number of pyridine rings is 1. The monoisotopic (exact) mass is 242 g/mol. The molecular weight excluding hydrogens is 224 g/mol. The molecule has 2 unspecified atom stereocenters. The van der Waals surface area contributed by atoms with Crippen LogP contribution < -0.4 is 10.1 Å². The van der Waals surface area contributed by atoms with Crippen molar-refractivity contribution in [1.29, 1.82) is 0 Å². The van der Waals surface area contributed by atoms with Gasteiger partial charge in [0, 0.05) is 18.1 Å². The van der Waals surface area contributed by atoms with Crippen LogP contribution in [0, 0.1) is 5.92 Å². The van der Waals surface area contributed by atoms with Crippen LogP contribution in [0.5, 0.6) is 5.75 Å². The van der Waals surface area contributed by atoms with E-state index in [4.69, 9.17) is 4.74 Å². The third-order valence-electron chi connectivity index (χ3n) is 3.64. The molecule has 1 aliphatic heterocycles. The Morgan fingerprint density at radius 1 is 1.28 bits per heavy atom. The summed E-state index contributed by atoms with van der Waals surface area (Å²) in [5, 5.41) is 4.49. The molecule has 1 fully saturated rings. The lowest BCUT2D eigenvalue weighted by atomic mass is 9.97. The summed E-state index contributed by atoms with van der Waals surface area (Å²) < 4.78 is 6.18. The van der Waals surface area contributed by atoms with E-state index < -0.39 is 0 Å². The number of nitrogens with zero attached hydrogens (tertiary/aromatic N) is 1. The first-order chi connectivity index (χ1) is 8.84. The molecule has 3 nitrogen and oxygen atoms in total. The number of hydrogen-bond donors (Lipinski definition) is 1. The molecule has 1 N–H and O–H groups in total. The molecule has 3 heteroatoms. The summed E-state index contributed by atoms with van der Waals surface area (Å²) in [7, 11) is 0. The molecule has 94 valence electrons. The van der Waals surface area contributed by atoms with Crippen LogP contribution in [0.25, 0.3) is 10.9 Å². The number of nitrogens with one attached hydrogen (secondary N) is 1. The zero-order valence-corrected chi connectivity index (χ0v) is 10.6. The van der Waals surface area contributed by atoms with E-state index in [-0.39, 0.29) is 6.10 Å². The minimum absolute atomic E-state index is 0.254. The van der Waals surface area contributed by atoms with Crippen LogP contribution in [0.1, 0.15) is 13.3 Å². The van der Waals surface area contributed by atoms with Crippen LogP contribution in [0.4, 0.5) is 0 Å². The second-order valence-corrected chi connectivity index (χ2v) is 4.95. The molecule has 0 saturated carbocycles. The summed E-state index contributed by atoms with van der Waals surface area (Å²) in [6, 6.07) is 10.1. The highest BCUT2D eigenvalue weighted by atomic mass is 16.5. The third-order valence-corrected chi connectivity index (χ3v) is 3.64. The molecule has 1 aromatic carbocycles. The molecule has 2 atom stereocenters. The average Bonchev–Trinajstić information content (AvgIpc) is 2.42. The minimum Gasteiger partial charge on any atom is -0.488 e. The van der Waals surface area contributed by atoms with Gasteiger partial charge in [0.05, 0.1) is 5.52 Å². The van der Waals surface area contributed by atoms with E-state index >= 15 is 0 Å². The Bertz CT molecular complexity index is 536. The molecule has 1 aromatic heterocycles. The molecule has 18 heavy (non-hydrogen) atoms. The van der Waals surface area contributed by atoms with Crippen molar-refractivity contribution in [2.45, 2.75) is 19.4 Å². The Hall–Kier alpha value is -1.61. The van der Waals surface area contributed by atoms with Crippen molar-refractivity contribution in [3.8, 4) is 5.75 Å². The van der Waals surface area contributed by atoms with E-state index in [0.717, 1.165) is 29.7 Å². The SMILES string of the molecule is CC1CCNCC1Oc1ccnc2ccccc12. The molecule has 0 bridgehead atoms. The molecule has 0 amide bonds. The van der Waals surface area contributed by atoms with Crippen molar-refractivity contribution >= 4 is 10.9 Å². The summed E-state index contributed by atoms with van der Waals surface area (Å²) >= 11 is 0. The van der Waals surface area contributed by atoms with Crippen molar-refractivity contribution in [1.82, 2.24) is 10.3 Å². The summed E-state index contributed by atoms with van der Waals surface area (Å²) in [6.45, 7) is 4.28. The van der Waals surface area contributed by atoms with Crippen molar-refractivity contribution in [3.05, 3.63) is 36.5 Å². The van der Waals surface area contributed by atoms with Gasteiger partial charge in [-0.3, -0.25) is 4.98 Å². The highest BCUT2D eigenvalue weighted by Crippen LogP contribution is 2.26. The molecule has 1 saturated heterocycles. The highest BCUT2D eigenvalue weighted by Gasteiger charge is 2.23. The maximum atomic E-state index is 6.18.